The third kappa shape index (κ3) is 3.74. The second kappa shape index (κ2) is 7.03. The van der Waals surface area contributed by atoms with Crippen molar-refractivity contribution < 1.29 is 4.79 Å². The van der Waals surface area contributed by atoms with Crippen LogP contribution in [0, 0.1) is 0 Å². The van der Waals surface area contributed by atoms with Crippen molar-refractivity contribution in [2.75, 3.05) is 19.6 Å². The molecule has 0 atom stereocenters. The molecule has 144 valence electrons. The molecular formula is C20H28N6O. The fraction of sp³-hybridized carbons (Fsp3) is 0.600. The highest BCUT2D eigenvalue weighted by Crippen LogP contribution is 2.26. The first-order valence-electron chi connectivity index (χ1n) is 9.82. The Kier molecular flexibility index (Phi) is 4.72. The van der Waals surface area contributed by atoms with Gasteiger partial charge >= 0.3 is 0 Å². The SMILES string of the molecule is CC(C)(C)c1cc(C(=O)N2CCc3nc(C4CCNCC4)ncc3C2)n[nH]1. The number of carbonyl (C=O) groups is 1. The fourth-order valence-electron chi connectivity index (χ4n) is 3.76. The van der Waals surface area contributed by atoms with E-state index in [0.717, 1.165) is 55.1 Å². The van der Waals surface area contributed by atoms with Crippen LogP contribution >= 0.6 is 0 Å². The predicted octanol–water partition coefficient (Wildman–Crippen LogP) is 2.16. The van der Waals surface area contributed by atoms with Gasteiger partial charge in [-0.05, 0) is 32.0 Å². The van der Waals surface area contributed by atoms with E-state index in [2.05, 4.69) is 41.3 Å². The van der Waals surface area contributed by atoms with Crippen LogP contribution in [-0.2, 0) is 18.4 Å². The largest absolute Gasteiger partial charge is 0.332 e. The molecule has 27 heavy (non-hydrogen) atoms. The number of carbonyl (C=O) groups excluding carboxylic acids is 1. The van der Waals surface area contributed by atoms with Crippen molar-refractivity contribution in [3.63, 3.8) is 0 Å². The molecule has 4 heterocycles. The Hall–Kier alpha value is -2.28. The van der Waals surface area contributed by atoms with Gasteiger partial charge in [-0.15, -0.1) is 0 Å². The molecular weight excluding hydrogens is 340 g/mol. The van der Waals surface area contributed by atoms with E-state index < -0.39 is 0 Å². The van der Waals surface area contributed by atoms with Gasteiger partial charge in [-0.1, -0.05) is 20.8 Å². The maximum atomic E-state index is 12.9. The van der Waals surface area contributed by atoms with E-state index >= 15 is 0 Å². The number of rotatable bonds is 2. The zero-order valence-corrected chi connectivity index (χ0v) is 16.4. The Morgan fingerprint density at radius 2 is 2.04 bits per heavy atom. The molecule has 0 aliphatic carbocycles. The third-order valence-electron chi connectivity index (χ3n) is 5.55. The van der Waals surface area contributed by atoms with Gasteiger partial charge in [0, 0.05) is 48.3 Å². The molecule has 2 aromatic heterocycles. The summed E-state index contributed by atoms with van der Waals surface area (Å²) in [5.74, 6) is 1.39. The number of fused-ring (bicyclic) bond motifs is 1. The summed E-state index contributed by atoms with van der Waals surface area (Å²) in [6.07, 6.45) is 4.89. The standard InChI is InChI=1S/C20H28N6O/c1-20(2,3)17-10-16(24-25-17)19(27)26-9-6-15-14(12-26)11-22-18(23-15)13-4-7-21-8-5-13/h10-11,13,21H,4-9,12H2,1-3H3,(H,24,25). The third-order valence-corrected chi connectivity index (χ3v) is 5.55. The molecule has 0 saturated carbocycles. The molecule has 2 aliphatic rings. The first-order chi connectivity index (χ1) is 12.9. The van der Waals surface area contributed by atoms with Crippen molar-refractivity contribution >= 4 is 5.91 Å². The number of aromatic nitrogens is 4. The molecule has 0 unspecified atom stereocenters. The maximum absolute atomic E-state index is 12.9. The van der Waals surface area contributed by atoms with Crippen LogP contribution < -0.4 is 5.32 Å². The van der Waals surface area contributed by atoms with Gasteiger partial charge in [0.15, 0.2) is 0 Å². The zero-order valence-electron chi connectivity index (χ0n) is 16.4. The van der Waals surface area contributed by atoms with Gasteiger partial charge in [-0.25, -0.2) is 9.97 Å². The van der Waals surface area contributed by atoms with E-state index in [1.54, 1.807) is 0 Å². The summed E-state index contributed by atoms with van der Waals surface area (Å²) in [6.45, 7) is 9.60. The number of H-pyrrole nitrogens is 1. The minimum atomic E-state index is -0.0566. The van der Waals surface area contributed by atoms with Gasteiger partial charge in [-0.2, -0.15) is 5.10 Å². The van der Waals surface area contributed by atoms with E-state index in [0.29, 0.717) is 24.7 Å². The molecule has 7 nitrogen and oxygen atoms in total. The van der Waals surface area contributed by atoms with Gasteiger partial charge in [0.25, 0.3) is 5.91 Å². The Morgan fingerprint density at radius 1 is 1.26 bits per heavy atom. The van der Waals surface area contributed by atoms with Crippen LogP contribution in [0.1, 0.15) is 72.8 Å². The number of piperidine rings is 1. The molecule has 2 N–H and O–H groups in total. The van der Waals surface area contributed by atoms with Crippen LogP contribution in [0.2, 0.25) is 0 Å². The van der Waals surface area contributed by atoms with Crippen LogP contribution in [0.3, 0.4) is 0 Å². The van der Waals surface area contributed by atoms with Crippen molar-refractivity contribution in [2.45, 2.75) is 57.9 Å². The van der Waals surface area contributed by atoms with Gasteiger partial charge in [0.2, 0.25) is 0 Å². The zero-order chi connectivity index (χ0) is 19.0. The number of hydrogen-bond donors (Lipinski definition) is 2. The molecule has 2 aliphatic heterocycles. The maximum Gasteiger partial charge on any atom is 0.274 e. The quantitative estimate of drug-likeness (QED) is 0.848. The van der Waals surface area contributed by atoms with E-state index in [1.807, 2.05) is 17.2 Å². The number of hydrogen-bond acceptors (Lipinski definition) is 5. The second-order valence-corrected chi connectivity index (χ2v) is 8.62. The first kappa shape index (κ1) is 18.1. The smallest absolute Gasteiger partial charge is 0.274 e. The van der Waals surface area contributed by atoms with E-state index in [9.17, 15) is 4.79 Å². The molecule has 1 saturated heterocycles. The molecule has 4 rings (SSSR count). The summed E-state index contributed by atoms with van der Waals surface area (Å²) in [5.41, 5.74) is 3.55. The summed E-state index contributed by atoms with van der Waals surface area (Å²) >= 11 is 0. The monoisotopic (exact) mass is 368 g/mol. The number of nitrogens with one attached hydrogen (secondary N) is 2. The van der Waals surface area contributed by atoms with E-state index in [-0.39, 0.29) is 11.3 Å². The van der Waals surface area contributed by atoms with Crippen molar-refractivity contribution in [1.29, 1.82) is 0 Å². The number of aromatic amines is 1. The molecule has 0 spiro atoms. The van der Waals surface area contributed by atoms with Gasteiger partial charge in [0.1, 0.15) is 11.5 Å². The molecule has 7 heteroatoms. The van der Waals surface area contributed by atoms with Crippen LogP contribution in [0.25, 0.3) is 0 Å². The minimum Gasteiger partial charge on any atom is -0.332 e. The lowest BCUT2D eigenvalue weighted by atomic mass is 9.92. The highest BCUT2D eigenvalue weighted by Gasteiger charge is 2.27. The molecule has 0 bridgehead atoms. The van der Waals surface area contributed by atoms with Crippen LogP contribution in [0.4, 0.5) is 0 Å². The molecule has 1 amide bonds. The number of amides is 1. The topological polar surface area (TPSA) is 86.8 Å². The molecule has 1 fully saturated rings. The summed E-state index contributed by atoms with van der Waals surface area (Å²) in [6, 6.07) is 1.87. The van der Waals surface area contributed by atoms with E-state index in [1.165, 1.54) is 0 Å². The Labute approximate surface area is 160 Å². The highest BCUT2D eigenvalue weighted by molar-refractivity contribution is 5.92. The van der Waals surface area contributed by atoms with Gasteiger partial charge in [-0.3, -0.25) is 9.89 Å². The predicted molar refractivity (Wildman–Crippen MR) is 103 cm³/mol. The van der Waals surface area contributed by atoms with Crippen molar-refractivity contribution in [3.05, 3.63) is 40.7 Å². The minimum absolute atomic E-state index is 0.0326. The lowest BCUT2D eigenvalue weighted by molar-refractivity contribution is 0.0727. The normalized spacial score (nSPS) is 18.4. The first-order valence-corrected chi connectivity index (χ1v) is 9.82. The average Bonchev–Trinajstić information content (AvgIpc) is 3.18. The highest BCUT2D eigenvalue weighted by atomic mass is 16.2. The van der Waals surface area contributed by atoms with Crippen LogP contribution in [0.15, 0.2) is 12.3 Å². The lowest BCUT2D eigenvalue weighted by Crippen LogP contribution is -2.37. The van der Waals surface area contributed by atoms with Crippen molar-refractivity contribution in [2.24, 2.45) is 0 Å². The molecule has 2 aromatic rings. The summed E-state index contributed by atoms with van der Waals surface area (Å²) in [7, 11) is 0. The van der Waals surface area contributed by atoms with Crippen molar-refractivity contribution in [1.82, 2.24) is 30.4 Å². The van der Waals surface area contributed by atoms with Gasteiger partial charge < -0.3 is 10.2 Å². The Morgan fingerprint density at radius 3 is 2.74 bits per heavy atom. The Balaban J connectivity index is 1.48. The average molecular weight is 368 g/mol. The van der Waals surface area contributed by atoms with Crippen molar-refractivity contribution in [3.8, 4) is 0 Å². The molecule has 0 radical (unpaired) electrons. The number of nitrogens with zero attached hydrogens (tertiary/aromatic N) is 4. The second-order valence-electron chi connectivity index (χ2n) is 8.62. The lowest BCUT2D eigenvalue weighted by Gasteiger charge is -2.28. The van der Waals surface area contributed by atoms with Crippen LogP contribution in [0.5, 0.6) is 0 Å². The van der Waals surface area contributed by atoms with Crippen LogP contribution in [-0.4, -0.2) is 50.6 Å². The summed E-state index contributed by atoms with van der Waals surface area (Å²) < 4.78 is 0. The van der Waals surface area contributed by atoms with E-state index in [4.69, 9.17) is 4.98 Å². The summed E-state index contributed by atoms with van der Waals surface area (Å²) in [5, 5.41) is 10.6. The van der Waals surface area contributed by atoms with Gasteiger partial charge in [0.05, 0.1) is 5.69 Å². The Bertz CT molecular complexity index is 831. The summed E-state index contributed by atoms with van der Waals surface area (Å²) in [4.78, 5) is 24.2. The fourth-order valence-corrected chi connectivity index (χ4v) is 3.76. The molecule has 0 aromatic carbocycles.